The van der Waals surface area contributed by atoms with E-state index >= 15 is 0 Å². The van der Waals surface area contributed by atoms with Gasteiger partial charge in [0.15, 0.2) is 5.76 Å². The predicted molar refractivity (Wildman–Crippen MR) is 98.4 cm³/mol. The minimum atomic E-state index is -3.47. The molecule has 7 heteroatoms. The molecule has 1 amide bonds. The minimum absolute atomic E-state index is 0.0465. The van der Waals surface area contributed by atoms with Crippen LogP contribution in [-0.2, 0) is 16.4 Å². The zero-order valence-electron chi connectivity index (χ0n) is 14.6. The highest BCUT2D eigenvalue weighted by Crippen LogP contribution is 2.20. The molecule has 0 aliphatic heterocycles. The summed E-state index contributed by atoms with van der Waals surface area (Å²) < 4.78 is 32.8. The Morgan fingerprint density at radius 3 is 2.46 bits per heavy atom. The molecule has 1 fully saturated rings. The number of carbonyl (C=O) groups excluding carboxylic acids is 1. The lowest BCUT2D eigenvalue weighted by atomic mass is 9.96. The monoisotopic (exact) mass is 376 g/mol. The van der Waals surface area contributed by atoms with E-state index in [-0.39, 0.29) is 22.6 Å². The van der Waals surface area contributed by atoms with E-state index in [1.807, 2.05) is 0 Å². The van der Waals surface area contributed by atoms with Gasteiger partial charge in [0.25, 0.3) is 5.91 Å². The van der Waals surface area contributed by atoms with Crippen molar-refractivity contribution in [2.75, 3.05) is 6.54 Å². The normalized spacial score (nSPS) is 15.7. The number of benzene rings is 1. The Balaban J connectivity index is 1.51. The molecule has 0 atom stereocenters. The molecular weight excluding hydrogens is 352 g/mol. The van der Waals surface area contributed by atoms with Crippen molar-refractivity contribution in [3.63, 3.8) is 0 Å². The second-order valence-corrected chi connectivity index (χ2v) is 8.30. The number of nitrogens with one attached hydrogen (secondary N) is 2. The largest absolute Gasteiger partial charge is 0.459 e. The summed E-state index contributed by atoms with van der Waals surface area (Å²) in [6.07, 6.45) is 7.23. The van der Waals surface area contributed by atoms with E-state index in [0.717, 1.165) is 31.2 Å². The molecule has 0 spiro atoms. The van der Waals surface area contributed by atoms with Crippen LogP contribution in [0.15, 0.2) is 52.0 Å². The fraction of sp³-hybridized carbons (Fsp3) is 0.421. The highest BCUT2D eigenvalue weighted by molar-refractivity contribution is 7.89. The molecule has 2 N–H and O–H groups in total. The Kier molecular flexibility index (Phi) is 6.11. The van der Waals surface area contributed by atoms with Crippen LogP contribution in [0.25, 0.3) is 0 Å². The van der Waals surface area contributed by atoms with Crippen molar-refractivity contribution < 1.29 is 17.6 Å². The smallest absolute Gasteiger partial charge is 0.286 e. The highest BCUT2D eigenvalue weighted by Gasteiger charge is 2.21. The standard InChI is InChI=1S/C19H24N2O4S/c22-19(18-7-4-14-25-18)20-13-12-15-8-10-17(11-9-15)26(23,24)21-16-5-2-1-3-6-16/h4,7-11,14,16,21H,1-3,5-6,12-13H2,(H,20,22). The van der Waals surface area contributed by atoms with Gasteiger partial charge in [0.1, 0.15) is 0 Å². The van der Waals surface area contributed by atoms with Crippen LogP contribution in [0.2, 0.25) is 0 Å². The molecule has 3 rings (SSSR count). The Hall–Kier alpha value is -2.12. The predicted octanol–water partition coefficient (Wildman–Crippen LogP) is 2.86. The second-order valence-electron chi connectivity index (χ2n) is 6.58. The fourth-order valence-corrected chi connectivity index (χ4v) is 4.46. The van der Waals surface area contributed by atoms with Crippen LogP contribution in [0.1, 0.15) is 48.2 Å². The first-order valence-electron chi connectivity index (χ1n) is 8.97. The van der Waals surface area contributed by atoms with Crippen molar-refractivity contribution in [3.8, 4) is 0 Å². The number of sulfonamides is 1. The van der Waals surface area contributed by atoms with Crippen LogP contribution in [0, 0.1) is 0 Å². The number of hydrogen-bond acceptors (Lipinski definition) is 4. The lowest BCUT2D eigenvalue weighted by molar-refractivity contribution is 0.0926. The molecule has 1 aliphatic rings. The van der Waals surface area contributed by atoms with E-state index in [1.54, 1.807) is 36.4 Å². The maximum absolute atomic E-state index is 12.5. The van der Waals surface area contributed by atoms with E-state index < -0.39 is 10.0 Å². The van der Waals surface area contributed by atoms with E-state index in [4.69, 9.17) is 4.42 Å². The molecule has 0 radical (unpaired) electrons. The summed E-state index contributed by atoms with van der Waals surface area (Å²) in [5, 5.41) is 2.77. The molecule has 26 heavy (non-hydrogen) atoms. The summed E-state index contributed by atoms with van der Waals surface area (Å²) >= 11 is 0. The quantitative estimate of drug-likeness (QED) is 0.778. The number of rotatable bonds is 7. The molecule has 1 aromatic carbocycles. The maximum Gasteiger partial charge on any atom is 0.286 e. The molecule has 140 valence electrons. The van der Waals surface area contributed by atoms with Gasteiger partial charge in [0.2, 0.25) is 10.0 Å². The highest BCUT2D eigenvalue weighted by atomic mass is 32.2. The summed E-state index contributed by atoms with van der Waals surface area (Å²) in [7, 11) is -3.47. The third-order valence-corrected chi connectivity index (χ3v) is 6.14. The molecule has 1 aromatic heterocycles. The van der Waals surface area contributed by atoms with Gasteiger partial charge in [-0.3, -0.25) is 4.79 Å². The van der Waals surface area contributed by atoms with Crippen LogP contribution >= 0.6 is 0 Å². The fourth-order valence-electron chi connectivity index (χ4n) is 3.16. The van der Waals surface area contributed by atoms with Gasteiger partial charge in [0, 0.05) is 12.6 Å². The first-order chi connectivity index (χ1) is 12.5. The van der Waals surface area contributed by atoms with Crippen molar-refractivity contribution in [2.24, 2.45) is 0 Å². The van der Waals surface area contributed by atoms with Crippen molar-refractivity contribution >= 4 is 15.9 Å². The SMILES string of the molecule is O=C(NCCc1ccc(S(=O)(=O)NC2CCCCC2)cc1)c1ccco1. The number of amides is 1. The van der Waals surface area contributed by atoms with Gasteiger partial charge in [-0.15, -0.1) is 0 Å². The van der Waals surface area contributed by atoms with Gasteiger partial charge in [-0.05, 0) is 49.1 Å². The van der Waals surface area contributed by atoms with E-state index in [9.17, 15) is 13.2 Å². The van der Waals surface area contributed by atoms with Gasteiger partial charge in [0.05, 0.1) is 11.2 Å². The number of carbonyl (C=O) groups is 1. The average Bonchev–Trinajstić information content (AvgIpc) is 3.17. The molecule has 0 saturated heterocycles. The summed E-state index contributed by atoms with van der Waals surface area (Å²) in [4.78, 5) is 12.1. The van der Waals surface area contributed by atoms with Crippen molar-refractivity contribution in [1.82, 2.24) is 10.0 Å². The molecule has 6 nitrogen and oxygen atoms in total. The molecule has 0 unspecified atom stereocenters. The lowest BCUT2D eigenvalue weighted by Crippen LogP contribution is -2.36. The summed E-state index contributed by atoms with van der Waals surface area (Å²) in [6.45, 7) is 0.450. The number of furan rings is 1. The molecule has 1 saturated carbocycles. The van der Waals surface area contributed by atoms with Crippen molar-refractivity contribution in [1.29, 1.82) is 0 Å². The van der Waals surface area contributed by atoms with Gasteiger partial charge in [-0.2, -0.15) is 0 Å². The average molecular weight is 376 g/mol. The van der Waals surface area contributed by atoms with Crippen molar-refractivity contribution in [2.45, 2.75) is 49.5 Å². The second kappa shape index (κ2) is 8.51. The van der Waals surface area contributed by atoms with Crippen LogP contribution in [0.5, 0.6) is 0 Å². The lowest BCUT2D eigenvalue weighted by Gasteiger charge is -2.22. The summed E-state index contributed by atoms with van der Waals surface area (Å²) in [5.74, 6) is 0.0195. The maximum atomic E-state index is 12.5. The third kappa shape index (κ3) is 4.95. The Labute approximate surface area is 154 Å². The van der Waals surface area contributed by atoms with Gasteiger partial charge in [-0.1, -0.05) is 31.4 Å². The van der Waals surface area contributed by atoms with Gasteiger partial charge >= 0.3 is 0 Å². The topological polar surface area (TPSA) is 88.4 Å². The first-order valence-corrected chi connectivity index (χ1v) is 10.5. The molecular formula is C19H24N2O4S. The first kappa shape index (κ1) is 18.7. The van der Waals surface area contributed by atoms with Crippen LogP contribution < -0.4 is 10.0 Å². The van der Waals surface area contributed by atoms with Crippen LogP contribution in [0.3, 0.4) is 0 Å². The zero-order valence-corrected chi connectivity index (χ0v) is 15.4. The van der Waals surface area contributed by atoms with Crippen molar-refractivity contribution in [3.05, 3.63) is 54.0 Å². The van der Waals surface area contributed by atoms with Crippen LogP contribution in [-0.4, -0.2) is 26.9 Å². The van der Waals surface area contributed by atoms with Gasteiger partial charge in [-0.25, -0.2) is 13.1 Å². The van der Waals surface area contributed by atoms with E-state index in [0.29, 0.717) is 13.0 Å². The number of hydrogen-bond donors (Lipinski definition) is 2. The molecule has 0 bridgehead atoms. The molecule has 1 heterocycles. The van der Waals surface area contributed by atoms with E-state index in [2.05, 4.69) is 10.0 Å². The van der Waals surface area contributed by atoms with Crippen LogP contribution in [0.4, 0.5) is 0 Å². The Bertz CT molecular complexity index is 808. The molecule has 2 aromatic rings. The summed E-state index contributed by atoms with van der Waals surface area (Å²) in [6, 6.07) is 10.1. The summed E-state index contributed by atoms with van der Waals surface area (Å²) in [5.41, 5.74) is 0.960. The minimum Gasteiger partial charge on any atom is -0.459 e. The third-order valence-electron chi connectivity index (χ3n) is 4.60. The van der Waals surface area contributed by atoms with E-state index in [1.165, 1.54) is 12.7 Å². The molecule has 1 aliphatic carbocycles. The van der Waals surface area contributed by atoms with Gasteiger partial charge < -0.3 is 9.73 Å². The zero-order chi connectivity index (χ0) is 18.4. The Morgan fingerprint density at radius 2 is 1.81 bits per heavy atom. The Morgan fingerprint density at radius 1 is 1.08 bits per heavy atom.